The highest BCUT2D eigenvalue weighted by Gasteiger charge is 2.37. The number of benzene rings is 3. The Morgan fingerprint density at radius 2 is 1.52 bits per heavy atom. The average molecular weight is 447 g/mol. The fourth-order valence-electron chi connectivity index (χ4n) is 4.81. The topological polar surface area (TPSA) is 25.8 Å². The van der Waals surface area contributed by atoms with Crippen molar-refractivity contribution in [1.29, 1.82) is 0 Å². The summed E-state index contributed by atoms with van der Waals surface area (Å²) < 4.78 is 0. The molecule has 0 bridgehead atoms. The van der Waals surface area contributed by atoms with Gasteiger partial charge in [0, 0.05) is 22.7 Å². The number of rotatable bonds is 5. The Morgan fingerprint density at radius 3 is 2.27 bits per heavy atom. The minimum absolute atomic E-state index is 0.484. The van der Waals surface area contributed by atoms with Gasteiger partial charge in [-0.05, 0) is 53.5 Å². The fraction of sp³-hybridized carbons (Fsp3) is 0.133. The van der Waals surface area contributed by atoms with Crippen molar-refractivity contribution in [3.63, 3.8) is 0 Å². The number of pyridine rings is 2. The first-order valence-corrected chi connectivity index (χ1v) is 11.8. The van der Waals surface area contributed by atoms with Crippen molar-refractivity contribution >= 4 is 22.5 Å². The molecule has 1 fully saturated rings. The molecule has 160 valence electrons. The SMILES string of the molecule is Clc1nccc2nc(-c3ccc(C4CC4Cc4ccccc4)cc3)c(-c3ccccc3)cc12. The molecule has 0 saturated heterocycles. The van der Waals surface area contributed by atoms with E-state index >= 15 is 0 Å². The fourth-order valence-corrected chi connectivity index (χ4v) is 5.01. The van der Waals surface area contributed by atoms with Crippen molar-refractivity contribution in [2.75, 3.05) is 0 Å². The largest absolute Gasteiger partial charge is 0.247 e. The predicted octanol–water partition coefficient (Wildman–Crippen LogP) is 7.96. The van der Waals surface area contributed by atoms with Crippen LogP contribution >= 0.6 is 11.6 Å². The average Bonchev–Trinajstić information content (AvgIpc) is 3.64. The molecule has 6 rings (SSSR count). The summed E-state index contributed by atoms with van der Waals surface area (Å²) in [5.41, 5.74) is 8.00. The Balaban J connectivity index is 1.34. The van der Waals surface area contributed by atoms with Crippen molar-refractivity contribution in [3.8, 4) is 22.4 Å². The molecule has 0 aliphatic heterocycles. The predicted molar refractivity (Wildman–Crippen MR) is 136 cm³/mol. The van der Waals surface area contributed by atoms with Crippen LogP contribution in [0.25, 0.3) is 33.3 Å². The van der Waals surface area contributed by atoms with Gasteiger partial charge in [-0.25, -0.2) is 9.97 Å². The van der Waals surface area contributed by atoms with Crippen molar-refractivity contribution in [2.24, 2.45) is 5.92 Å². The molecule has 3 aromatic carbocycles. The molecule has 1 aliphatic rings. The van der Waals surface area contributed by atoms with Crippen molar-refractivity contribution < 1.29 is 0 Å². The maximum atomic E-state index is 6.40. The van der Waals surface area contributed by atoms with Crippen LogP contribution < -0.4 is 0 Å². The summed E-state index contributed by atoms with van der Waals surface area (Å²) in [5.74, 6) is 1.40. The molecule has 0 amide bonds. The van der Waals surface area contributed by atoms with Crippen LogP contribution in [0.4, 0.5) is 0 Å². The molecule has 0 spiro atoms. The van der Waals surface area contributed by atoms with Gasteiger partial charge in [-0.3, -0.25) is 0 Å². The maximum absolute atomic E-state index is 6.40. The molecule has 2 atom stereocenters. The summed E-state index contributed by atoms with van der Waals surface area (Å²) in [5, 5.41) is 1.36. The summed E-state index contributed by atoms with van der Waals surface area (Å²) in [6, 6.07) is 34.2. The summed E-state index contributed by atoms with van der Waals surface area (Å²) in [4.78, 5) is 9.26. The van der Waals surface area contributed by atoms with E-state index in [0.717, 1.165) is 45.6 Å². The second-order valence-electron chi connectivity index (χ2n) is 8.83. The van der Waals surface area contributed by atoms with Gasteiger partial charge in [-0.1, -0.05) is 96.5 Å². The molecule has 1 aliphatic carbocycles. The minimum Gasteiger partial charge on any atom is -0.247 e. The molecule has 2 aromatic heterocycles. The van der Waals surface area contributed by atoms with Crippen LogP contribution in [0.3, 0.4) is 0 Å². The number of hydrogen-bond donors (Lipinski definition) is 0. The molecular weight excluding hydrogens is 424 g/mol. The zero-order chi connectivity index (χ0) is 22.2. The number of halogens is 1. The maximum Gasteiger partial charge on any atom is 0.138 e. The molecule has 0 radical (unpaired) electrons. The normalized spacial score (nSPS) is 17.2. The first-order valence-electron chi connectivity index (χ1n) is 11.4. The highest BCUT2D eigenvalue weighted by Crippen LogP contribution is 2.49. The van der Waals surface area contributed by atoms with E-state index in [1.54, 1.807) is 6.20 Å². The van der Waals surface area contributed by atoms with Crippen LogP contribution in [0.2, 0.25) is 5.15 Å². The number of fused-ring (bicyclic) bond motifs is 1. The van der Waals surface area contributed by atoms with Gasteiger partial charge in [0.2, 0.25) is 0 Å². The zero-order valence-electron chi connectivity index (χ0n) is 18.2. The molecule has 2 unspecified atom stereocenters. The first-order chi connectivity index (χ1) is 16.3. The lowest BCUT2D eigenvalue weighted by Gasteiger charge is -2.12. The summed E-state index contributed by atoms with van der Waals surface area (Å²) >= 11 is 6.40. The molecule has 33 heavy (non-hydrogen) atoms. The number of aromatic nitrogens is 2. The summed E-state index contributed by atoms with van der Waals surface area (Å²) in [7, 11) is 0. The second-order valence-corrected chi connectivity index (χ2v) is 9.19. The molecular formula is C30H23ClN2. The lowest BCUT2D eigenvalue weighted by Crippen LogP contribution is -1.94. The van der Waals surface area contributed by atoms with Crippen LogP contribution in [-0.2, 0) is 6.42 Å². The van der Waals surface area contributed by atoms with Crippen LogP contribution in [0.1, 0.15) is 23.5 Å². The Labute approximate surface area is 198 Å². The van der Waals surface area contributed by atoms with Crippen molar-refractivity contribution in [3.05, 3.63) is 120 Å². The lowest BCUT2D eigenvalue weighted by molar-refractivity contribution is 0.795. The van der Waals surface area contributed by atoms with Crippen molar-refractivity contribution in [2.45, 2.75) is 18.8 Å². The standard InChI is InChI=1S/C30H23ClN2/c31-30-27-19-26(21-9-5-2-6-10-21)29(33-28(27)15-16-32-30)23-13-11-22(12-14-23)25-18-24(25)17-20-7-3-1-4-8-20/h1-16,19,24-25H,17-18H2. The third-order valence-electron chi connectivity index (χ3n) is 6.65. The van der Waals surface area contributed by atoms with E-state index in [9.17, 15) is 0 Å². The van der Waals surface area contributed by atoms with Gasteiger partial charge in [0.15, 0.2) is 0 Å². The number of nitrogens with zero attached hydrogens (tertiary/aromatic N) is 2. The van der Waals surface area contributed by atoms with E-state index in [2.05, 4.69) is 89.9 Å². The highest BCUT2D eigenvalue weighted by atomic mass is 35.5. The summed E-state index contributed by atoms with van der Waals surface area (Å²) in [6.07, 6.45) is 4.14. The second kappa shape index (κ2) is 8.46. The highest BCUT2D eigenvalue weighted by molar-refractivity contribution is 6.34. The van der Waals surface area contributed by atoms with Crippen LogP contribution in [0.5, 0.6) is 0 Å². The van der Waals surface area contributed by atoms with Gasteiger partial charge in [-0.15, -0.1) is 0 Å². The van der Waals surface area contributed by atoms with Gasteiger partial charge in [-0.2, -0.15) is 0 Å². The van der Waals surface area contributed by atoms with E-state index in [4.69, 9.17) is 16.6 Å². The van der Waals surface area contributed by atoms with E-state index in [1.165, 1.54) is 17.5 Å². The smallest absolute Gasteiger partial charge is 0.138 e. The van der Waals surface area contributed by atoms with Crippen LogP contribution in [-0.4, -0.2) is 9.97 Å². The Kier molecular flexibility index (Phi) is 5.16. The van der Waals surface area contributed by atoms with E-state index in [-0.39, 0.29) is 0 Å². The lowest BCUT2D eigenvalue weighted by atomic mass is 9.96. The number of hydrogen-bond acceptors (Lipinski definition) is 2. The molecule has 1 saturated carbocycles. The zero-order valence-corrected chi connectivity index (χ0v) is 18.9. The van der Waals surface area contributed by atoms with E-state index in [0.29, 0.717) is 11.1 Å². The van der Waals surface area contributed by atoms with Crippen molar-refractivity contribution in [1.82, 2.24) is 9.97 Å². The molecule has 3 heteroatoms. The molecule has 2 nitrogen and oxygen atoms in total. The molecule has 5 aromatic rings. The van der Waals surface area contributed by atoms with Gasteiger partial charge < -0.3 is 0 Å². The van der Waals surface area contributed by atoms with Gasteiger partial charge in [0.05, 0.1) is 11.2 Å². The first kappa shape index (κ1) is 20.1. The van der Waals surface area contributed by atoms with Crippen LogP contribution in [0.15, 0.2) is 103 Å². The molecule has 2 heterocycles. The summed E-state index contributed by atoms with van der Waals surface area (Å²) in [6.45, 7) is 0. The Hall–Kier alpha value is -3.49. The monoisotopic (exact) mass is 446 g/mol. The van der Waals surface area contributed by atoms with Gasteiger partial charge >= 0.3 is 0 Å². The Morgan fingerprint density at radius 1 is 0.788 bits per heavy atom. The quantitative estimate of drug-likeness (QED) is 0.256. The van der Waals surface area contributed by atoms with Crippen LogP contribution in [0, 0.1) is 5.92 Å². The van der Waals surface area contributed by atoms with E-state index in [1.807, 2.05) is 12.1 Å². The van der Waals surface area contributed by atoms with Gasteiger partial charge in [0.25, 0.3) is 0 Å². The third kappa shape index (κ3) is 4.03. The van der Waals surface area contributed by atoms with E-state index < -0.39 is 0 Å². The minimum atomic E-state index is 0.484. The Bertz CT molecular complexity index is 1410. The molecule has 0 N–H and O–H groups in total. The third-order valence-corrected chi connectivity index (χ3v) is 6.96. The van der Waals surface area contributed by atoms with Gasteiger partial charge in [0.1, 0.15) is 5.15 Å².